The number of rotatable bonds is 7. The Kier molecular flexibility index (Phi) is 11.1. The van der Waals surface area contributed by atoms with E-state index in [0.29, 0.717) is 11.4 Å². The van der Waals surface area contributed by atoms with Gasteiger partial charge in [0.1, 0.15) is 11.6 Å². The molecule has 0 aliphatic heterocycles. The summed E-state index contributed by atoms with van der Waals surface area (Å²) < 4.78 is 4.68. The first kappa shape index (κ1) is 46.2. The maximum atomic E-state index is 12.1. The zero-order valence-electron chi connectivity index (χ0n) is 43.8. The molecule has 3 heterocycles. The minimum Gasteiger partial charge on any atom is -0.308 e. The molecule has 0 saturated heterocycles. The lowest BCUT2D eigenvalue weighted by molar-refractivity contribution is 1.05. The summed E-state index contributed by atoms with van der Waals surface area (Å²) in [6.45, 7) is 21.3. The molecule has 12 aromatic rings. The lowest BCUT2D eigenvalue weighted by atomic mass is 9.98. The Morgan fingerprint density at radius 2 is 0.568 bits per heavy atom. The van der Waals surface area contributed by atoms with Gasteiger partial charge in [-0.3, -0.25) is 0 Å². The Balaban J connectivity index is 1.24. The van der Waals surface area contributed by atoms with E-state index in [1.807, 2.05) is 19.9 Å². The van der Waals surface area contributed by atoms with Crippen molar-refractivity contribution in [2.45, 2.75) is 69.2 Å². The molecule has 5 heteroatoms. The van der Waals surface area contributed by atoms with Gasteiger partial charge in [0.15, 0.2) is 5.82 Å². The van der Waals surface area contributed by atoms with Gasteiger partial charge in [0.25, 0.3) is 0 Å². The predicted molar refractivity (Wildman–Crippen MR) is 310 cm³/mol. The summed E-state index contributed by atoms with van der Waals surface area (Å²) in [5.41, 5.74) is 27.4. The fourth-order valence-electron chi connectivity index (χ4n) is 11.9. The predicted octanol–water partition coefficient (Wildman–Crippen LogP) is 18.0. The van der Waals surface area contributed by atoms with Gasteiger partial charge in [-0.25, -0.2) is 9.97 Å². The minimum atomic E-state index is 0.540. The third-order valence-corrected chi connectivity index (χ3v) is 14.7. The molecule has 74 heavy (non-hydrogen) atoms. The van der Waals surface area contributed by atoms with Crippen molar-refractivity contribution in [3.63, 3.8) is 0 Å². The molecule has 3 aromatic heterocycles. The van der Waals surface area contributed by atoms with E-state index in [9.17, 15) is 5.26 Å². The zero-order valence-corrected chi connectivity index (χ0v) is 43.8. The van der Waals surface area contributed by atoms with Crippen LogP contribution >= 0.6 is 0 Å². The van der Waals surface area contributed by atoms with Crippen LogP contribution in [0, 0.1) is 80.6 Å². The van der Waals surface area contributed by atoms with Gasteiger partial charge in [-0.05, 0) is 156 Å². The number of nitriles is 1. The Hall–Kier alpha value is -8.85. The van der Waals surface area contributed by atoms with E-state index in [4.69, 9.17) is 9.97 Å². The first-order valence-corrected chi connectivity index (χ1v) is 25.6. The normalized spacial score (nSPS) is 11.6. The molecule has 0 N–H and O–H groups in total. The SMILES string of the molecule is Cc1cc(C)cc(-c2ccc3c4ccc(-c5cc(C)cc(C)c5)cc4n(-c4cc(-c5nc(C)cc(C)n5)cc(-n5c6cc(-c7cc(C)cc(C)c7)ccc6c6ccc(-c7cc(C)cc(C)c7)cc65)c4C#N)c3c2)c1. The highest BCUT2D eigenvalue weighted by Crippen LogP contribution is 2.44. The number of benzene rings is 9. The molecule has 0 amide bonds. The molecule has 0 bridgehead atoms. The van der Waals surface area contributed by atoms with Gasteiger partial charge >= 0.3 is 0 Å². The van der Waals surface area contributed by atoms with E-state index >= 15 is 0 Å². The van der Waals surface area contributed by atoms with Crippen LogP contribution in [-0.2, 0) is 0 Å². The number of hydrogen-bond acceptors (Lipinski definition) is 3. The Morgan fingerprint density at radius 3 is 0.824 bits per heavy atom. The van der Waals surface area contributed by atoms with Crippen molar-refractivity contribution in [1.29, 1.82) is 5.26 Å². The number of aromatic nitrogens is 4. The molecule has 12 rings (SSSR count). The zero-order chi connectivity index (χ0) is 51.3. The van der Waals surface area contributed by atoms with Crippen LogP contribution in [0.2, 0.25) is 0 Å². The van der Waals surface area contributed by atoms with Crippen molar-refractivity contribution in [1.82, 2.24) is 19.1 Å². The highest BCUT2D eigenvalue weighted by atomic mass is 15.0. The van der Waals surface area contributed by atoms with Crippen LogP contribution in [-0.4, -0.2) is 19.1 Å². The second kappa shape index (κ2) is 17.7. The summed E-state index contributed by atoms with van der Waals surface area (Å²) in [5, 5.41) is 16.5. The third-order valence-electron chi connectivity index (χ3n) is 14.7. The van der Waals surface area contributed by atoms with Gasteiger partial charge in [-0.2, -0.15) is 5.26 Å². The maximum Gasteiger partial charge on any atom is 0.159 e. The summed E-state index contributed by atoms with van der Waals surface area (Å²) in [6.07, 6.45) is 0. The molecule has 358 valence electrons. The molecule has 0 saturated carbocycles. The second-order valence-corrected chi connectivity index (χ2v) is 21.1. The summed E-state index contributed by atoms with van der Waals surface area (Å²) >= 11 is 0. The minimum absolute atomic E-state index is 0.540. The van der Waals surface area contributed by atoms with Gasteiger partial charge < -0.3 is 9.13 Å². The average molecular weight is 956 g/mol. The average Bonchev–Trinajstić information content (AvgIpc) is 3.86. The quantitative estimate of drug-likeness (QED) is 0.160. The van der Waals surface area contributed by atoms with Crippen molar-refractivity contribution in [3.05, 3.63) is 225 Å². The fraction of sp³-hybridized carbons (Fsp3) is 0.145. The van der Waals surface area contributed by atoms with Crippen molar-refractivity contribution in [2.75, 3.05) is 0 Å². The van der Waals surface area contributed by atoms with Gasteiger partial charge in [0.05, 0.1) is 33.4 Å². The van der Waals surface area contributed by atoms with Crippen molar-refractivity contribution in [2.24, 2.45) is 0 Å². The summed E-state index contributed by atoms with van der Waals surface area (Å²) in [7, 11) is 0. The van der Waals surface area contributed by atoms with E-state index in [1.54, 1.807) is 0 Å². The van der Waals surface area contributed by atoms with Crippen LogP contribution < -0.4 is 0 Å². The Bertz CT molecular complexity index is 3810. The van der Waals surface area contributed by atoms with Crippen LogP contribution in [0.5, 0.6) is 0 Å². The van der Waals surface area contributed by atoms with Crippen LogP contribution in [0.25, 0.3) is 111 Å². The molecule has 0 atom stereocenters. The standard InChI is InChI=1S/C69H57N5/c1-39-19-40(2)24-53(23-39)49-11-15-58-59-16-12-50(54-25-41(3)20-42(4)26-54)33-64(59)73(63(58)32-49)67-36-57(69-71-47(9)31-48(10)72-69)37-68(62(67)38-70)74-65-34-51(55-27-43(5)21-44(6)28-55)13-17-60(65)61-18-14-52(35-66(61)74)56-29-45(7)22-46(8)30-56/h11-37H,1-10H3. The van der Waals surface area contributed by atoms with E-state index in [0.717, 1.165) is 116 Å². The highest BCUT2D eigenvalue weighted by Gasteiger charge is 2.25. The lowest BCUT2D eigenvalue weighted by Crippen LogP contribution is -2.06. The monoisotopic (exact) mass is 955 g/mol. The van der Waals surface area contributed by atoms with E-state index in [2.05, 4.69) is 228 Å². The first-order chi connectivity index (χ1) is 35.6. The third kappa shape index (κ3) is 8.14. The lowest BCUT2D eigenvalue weighted by Gasteiger charge is -2.19. The number of nitrogens with zero attached hydrogens (tertiary/aromatic N) is 5. The molecular formula is C69H57N5. The van der Waals surface area contributed by atoms with Crippen molar-refractivity contribution < 1.29 is 0 Å². The molecule has 0 radical (unpaired) electrons. The number of hydrogen-bond donors (Lipinski definition) is 0. The fourth-order valence-corrected chi connectivity index (χ4v) is 11.9. The van der Waals surface area contributed by atoms with E-state index < -0.39 is 0 Å². The summed E-state index contributed by atoms with van der Waals surface area (Å²) in [4.78, 5) is 10.2. The summed E-state index contributed by atoms with van der Waals surface area (Å²) in [6, 6.07) is 63.4. The van der Waals surface area contributed by atoms with Crippen LogP contribution in [0.15, 0.2) is 164 Å². The molecule has 5 nitrogen and oxygen atoms in total. The van der Waals surface area contributed by atoms with E-state index in [1.165, 1.54) is 44.5 Å². The number of aryl methyl sites for hydroxylation is 10. The summed E-state index contributed by atoms with van der Waals surface area (Å²) in [5.74, 6) is 0.606. The molecular weight excluding hydrogens is 899 g/mol. The van der Waals surface area contributed by atoms with Crippen LogP contribution in [0.1, 0.15) is 61.5 Å². The van der Waals surface area contributed by atoms with E-state index in [-0.39, 0.29) is 0 Å². The molecule has 0 unspecified atom stereocenters. The van der Waals surface area contributed by atoms with Gasteiger partial charge in [-0.15, -0.1) is 0 Å². The smallest absolute Gasteiger partial charge is 0.159 e. The van der Waals surface area contributed by atoms with Gasteiger partial charge in [-0.1, -0.05) is 166 Å². The maximum absolute atomic E-state index is 12.1. The highest BCUT2D eigenvalue weighted by molar-refractivity contribution is 6.13. The van der Waals surface area contributed by atoms with Crippen molar-refractivity contribution >= 4 is 43.6 Å². The largest absolute Gasteiger partial charge is 0.308 e. The second-order valence-electron chi connectivity index (χ2n) is 21.1. The van der Waals surface area contributed by atoms with Crippen LogP contribution in [0.4, 0.5) is 0 Å². The molecule has 0 aliphatic carbocycles. The van der Waals surface area contributed by atoms with Crippen LogP contribution in [0.3, 0.4) is 0 Å². The molecule has 9 aromatic carbocycles. The topological polar surface area (TPSA) is 59.4 Å². The van der Waals surface area contributed by atoms with Gasteiger partial charge in [0.2, 0.25) is 0 Å². The Labute approximate surface area is 433 Å². The molecule has 0 fully saturated rings. The van der Waals surface area contributed by atoms with Crippen molar-refractivity contribution in [3.8, 4) is 73.3 Å². The Morgan fingerprint density at radius 1 is 0.297 bits per heavy atom. The van der Waals surface area contributed by atoms with Gasteiger partial charge in [0, 0.05) is 38.5 Å². The first-order valence-electron chi connectivity index (χ1n) is 25.6. The molecule has 0 aliphatic rings. The molecule has 0 spiro atoms. The number of fused-ring (bicyclic) bond motifs is 6.